The Kier molecular flexibility index (Phi) is 5.51. The number of nitrogens with zero attached hydrogens (tertiary/aromatic N) is 1. The number of hydrogen-bond acceptors (Lipinski definition) is 4. The summed E-state index contributed by atoms with van der Waals surface area (Å²) in [6.07, 6.45) is 1.39. The number of aromatic nitrogens is 1. The van der Waals surface area contributed by atoms with Crippen LogP contribution in [-0.2, 0) is 0 Å². The molecule has 112 valence electrons. The number of hydrogen-bond donors (Lipinski definition) is 3. The Balaban J connectivity index is 3.13. The number of carboxylic acid groups (broad SMARTS) is 1. The first-order chi connectivity index (χ1) is 9.31. The smallest absolute Gasteiger partial charge is 0.335 e. The summed E-state index contributed by atoms with van der Waals surface area (Å²) < 4.78 is 0. The number of carboxylic acids is 1. The van der Waals surface area contributed by atoms with Crippen molar-refractivity contribution in [3.8, 4) is 0 Å². The maximum Gasteiger partial charge on any atom is 0.335 e. The second kappa shape index (κ2) is 6.70. The molecule has 0 aliphatic heterocycles. The lowest BCUT2D eigenvalue weighted by molar-refractivity contribution is 0.0696. The van der Waals surface area contributed by atoms with E-state index in [1.807, 2.05) is 27.7 Å². The van der Waals surface area contributed by atoms with Crippen molar-refractivity contribution in [1.82, 2.24) is 4.98 Å². The van der Waals surface area contributed by atoms with Crippen molar-refractivity contribution in [2.45, 2.75) is 52.0 Å². The normalized spacial score (nSPS) is 14.1. The summed E-state index contributed by atoms with van der Waals surface area (Å²) in [6.45, 7) is 8.04. The number of aliphatic hydroxyl groups is 1. The molecular weight excluding hydrogens is 256 g/mol. The van der Waals surface area contributed by atoms with Gasteiger partial charge in [0.15, 0.2) is 0 Å². The van der Waals surface area contributed by atoms with E-state index in [1.54, 1.807) is 12.1 Å². The molecule has 1 aromatic heterocycles. The van der Waals surface area contributed by atoms with Gasteiger partial charge in [0.25, 0.3) is 0 Å². The molecule has 1 atom stereocenters. The Morgan fingerprint density at radius 3 is 2.55 bits per heavy atom. The SMILES string of the molecule is CCC(C)(CCO)Nc1cc(C(=O)O)cc(C(C)C)n1. The van der Waals surface area contributed by atoms with E-state index in [9.17, 15) is 9.90 Å². The average molecular weight is 280 g/mol. The first-order valence-corrected chi connectivity index (χ1v) is 6.95. The molecule has 0 fully saturated rings. The van der Waals surface area contributed by atoms with Crippen LogP contribution in [0.3, 0.4) is 0 Å². The Morgan fingerprint density at radius 2 is 2.10 bits per heavy atom. The summed E-state index contributed by atoms with van der Waals surface area (Å²) in [5.41, 5.74) is 0.677. The molecule has 0 bridgehead atoms. The minimum absolute atomic E-state index is 0.0764. The maximum atomic E-state index is 11.2. The number of aromatic carboxylic acids is 1. The molecule has 1 heterocycles. The molecule has 20 heavy (non-hydrogen) atoms. The monoisotopic (exact) mass is 280 g/mol. The fourth-order valence-electron chi connectivity index (χ4n) is 1.92. The summed E-state index contributed by atoms with van der Waals surface area (Å²) >= 11 is 0. The molecule has 0 aliphatic carbocycles. The van der Waals surface area contributed by atoms with Gasteiger partial charge in [0, 0.05) is 17.8 Å². The minimum Gasteiger partial charge on any atom is -0.478 e. The highest BCUT2D eigenvalue weighted by atomic mass is 16.4. The molecule has 1 unspecified atom stereocenters. The number of carbonyl (C=O) groups is 1. The number of aliphatic hydroxyl groups excluding tert-OH is 1. The van der Waals surface area contributed by atoms with Gasteiger partial charge in [-0.25, -0.2) is 9.78 Å². The summed E-state index contributed by atoms with van der Waals surface area (Å²) in [5, 5.41) is 21.6. The van der Waals surface area contributed by atoms with Gasteiger partial charge in [0.1, 0.15) is 5.82 Å². The molecule has 0 aromatic carbocycles. The second-order valence-electron chi connectivity index (χ2n) is 5.64. The van der Waals surface area contributed by atoms with Crippen molar-refractivity contribution >= 4 is 11.8 Å². The highest BCUT2D eigenvalue weighted by Gasteiger charge is 2.22. The lowest BCUT2D eigenvalue weighted by Gasteiger charge is -2.30. The van der Waals surface area contributed by atoms with Crippen molar-refractivity contribution in [1.29, 1.82) is 0 Å². The van der Waals surface area contributed by atoms with Crippen LogP contribution >= 0.6 is 0 Å². The Bertz CT molecular complexity index is 474. The molecule has 0 radical (unpaired) electrons. The lowest BCUT2D eigenvalue weighted by atomic mass is 9.95. The van der Waals surface area contributed by atoms with E-state index in [-0.39, 0.29) is 23.6 Å². The van der Waals surface area contributed by atoms with E-state index in [2.05, 4.69) is 10.3 Å². The lowest BCUT2D eigenvalue weighted by Crippen LogP contribution is -2.35. The van der Waals surface area contributed by atoms with Crippen LogP contribution in [0.4, 0.5) is 5.82 Å². The van der Waals surface area contributed by atoms with Gasteiger partial charge in [-0.05, 0) is 37.8 Å². The van der Waals surface area contributed by atoms with Crippen LogP contribution in [0.5, 0.6) is 0 Å². The van der Waals surface area contributed by atoms with Crippen molar-refractivity contribution in [2.24, 2.45) is 0 Å². The highest BCUT2D eigenvalue weighted by Crippen LogP contribution is 2.23. The standard InChI is InChI=1S/C15H24N2O3/c1-5-15(4,6-7-18)17-13-9-11(14(19)20)8-12(16-13)10(2)3/h8-10,18H,5-7H2,1-4H3,(H,16,17)(H,19,20). The summed E-state index contributed by atoms with van der Waals surface area (Å²) in [5.74, 6) is -0.260. The van der Waals surface area contributed by atoms with E-state index in [1.165, 1.54) is 0 Å². The van der Waals surface area contributed by atoms with Crippen LogP contribution in [0.25, 0.3) is 0 Å². The van der Waals surface area contributed by atoms with Crippen LogP contribution in [-0.4, -0.2) is 33.3 Å². The van der Waals surface area contributed by atoms with E-state index in [4.69, 9.17) is 5.11 Å². The maximum absolute atomic E-state index is 11.2. The van der Waals surface area contributed by atoms with Gasteiger partial charge in [-0.2, -0.15) is 0 Å². The molecule has 0 spiro atoms. The number of pyridine rings is 1. The van der Waals surface area contributed by atoms with Gasteiger partial charge in [-0.3, -0.25) is 0 Å². The third kappa shape index (κ3) is 4.20. The summed E-state index contributed by atoms with van der Waals surface area (Å²) in [6, 6.07) is 3.15. The van der Waals surface area contributed by atoms with E-state index >= 15 is 0 Å². The third-order valence-corrected chi connectivity index (χ3v) is 3.56. The number of anilines is 1. The average Bonchev–Trinajstić information content (AvgIpc) is 2.38. The summed E-state index contributed by atoms with van der Waals surface area (Å²) in [4.78, 5) is 15.7. The van der Waals surface area contributed by atoms with Crippen LogP contribution < -0.4 is 5.32 Å². The molecule has 1 aromatic rings. The van der Waals surface area contributed by atoms with Gasteiger partial charge in [0.05, 0.1) is 5.56 Å². The molecule has 0 aliphatic rings. The minimum atomic E-state index is -0.960. The van der Waals surface area contributed by atoms with Crippen LogP contribution in [0.1, 0.15) is 62.5 Å². The summed E-state index contributed by atoms with van der Waals surface area (Å²) in [7, 11) is 0. The van der Waals surface area contributed by atoms with E-state index in [0.717, 1.165) is 12.1 Å². The molecule has 5 nitrogen and oxygen atoms in total. The van der Waals surface area contributed by atoms with Crippen molar-refractivity contribution in [2.75, 3.05) is 11.9 Å². The molecule has 0 amide bonds. The van der Waals surface area contributed by atoms with Gasteiger partial charge in [0.2, 0.25) is 0 Å². The predicted molar refractivity (Wildman–Crippen MR) is 79.3 cm³/mol. The first kappa shape index (κ1) is 16.4. The zero-order valence-corrected chi connectivity index (χ0v) is 12.6. The molecule has 0 saturated carbocycles. The second-order valence-corrected chi connectivity index (χ2v) is 5.64. The molecule has 3 N–H and O–H groups in total. The first-order valence-electron chi connectivity index (χ1n) is 6.95. The fraction of sp³-hybridized carbons (Fsp3) is 0.600. The zero-order chi connectivity index (χ0) is 15.3. The fourth-order valence-corrected chi connectivity index (χ4v) is 1.92. The third-order valence-electron chi connectivity index (χ3n) is 3.56. The highest BCUT2D eigenvalue weighted by molar-refractivity contribution is 5.88. The van der Waals surface area contributed by atoms with Gasteiger partial charge >= 0.3 is 5.97 Å². The number of nitrogens with one attached hydrogen (secondary N) is 1. The topological polar surface area (TPSA) is 82.5 Å². The Morgan fingerprint density at radius 1 is 1.45 bits per heavy atom. The molecular formula is C15H24N2O3. The van der Waals surface area contributed by atoms with Crippen molar-refractivity contribution in [3.05, 3.63) is 23.4 Å². The van der Waals surface area contributed by atoms with Crippen molar-refractivity contribution in [3.63, 3.8) is 0 Å². The Labute approximate surface area is 120 Å². The van der Waals surface area contributed by atoms with Gasteiger partial charge in [-0.15, -0.1) is 0 Å². The Hall–Kier alpha value is -1.62. The van der Waals surface area contributed by atoms with Gasteiger partial charge < -0.3 is 15.5 Å². The molecule has 1 rings (SSSR count). The van der Waals surface area contributed by atoms with Crippen LogP contribution in [0, 0.1) is 0 Å². The van der Waals surface area contributed by atoms with E-state index < -0.39 is 5.97 Å². The van der Waals surface area contributed by atoms with Crippen molar-refractivity contribution < 1.29 is 15.0 Å². The predicted octanol–water partition coefficient (Wildman–Crippen LogP) is 2.87. The quantitative estimate of drug-likeness (QED) is 0.715. The largest absolute Gasteiger partial charge is 0.478 e. The van der Waals surface area contributed by atoms with Crippen LogP contribution in [0.2, 0.25) is 0 Å². The molecule has 5 heteroatoms. The van der Waals surface area contributed by atoms with Gasteiger partial charge in [-0.1, -0.05) is 20.8 Å². The van der Waals surface area contributed by atoms with E-state index in [0.29, 0.717) is 12.2 Å². The number of rotatable bonds is 7. The zero-order valence-electron chi connectivity index (χ0n) is 12.6. The molecule has 0 saturated heterocycles. The van der Waals surface area contributed by atoms with Crippen LogP contribution in [0.15, 0.2) is 12.1 Å².